The van der Waals surface area contributed by atoms with Crippen LogP contribution >= 0.6 is 15.9 Å². The van der Waals surface area contributed by atoms with Gasteiger partial charge in [-0.2, -0.15) is 10.2 Å². The molecule has 1 unspecified atom stereocenters. The predicted octanol–water partition coefficient (Wildman–Crippen LogP) is 3.65. The highest BCUT2D eigenvalue weighted by Crippen LogP contribution is 2.36. The van der Waals surface area contributed by atoms with Crippen molar-refractivity contribution in [3.8, 4) is 11.1 Å². The molecule has 1 atom stereocenters. The zero-order valence-electron chi connectivity index (χ0n) is 16.1. The lowest BCUT2D eigenvalue weighted by Crippen LogP contribution is -2.39. The summed E-state index contributed by atoms with van der Waals surface area (Å²) in [5.74, 6) is -0.0726. The van der Waals surface area contributed by atoms with E-state index in [1.165, 1.54) is 16.7 Å². The Balaban J connectivity index is 1.49. The average molecular weight is 451 g/mol. The Morgan fingerprint density at radius 1 is 1.24 bits per heavy atom. The molecule has 4 aromatic rings. The molecule has 5 rings (SSSR count). The topological polar surface area (TPSA) is 68.3 Å². The van der Waals surface area contributed by atoms with E-state index >= 15 is 0 Å². The molecule has 29 heavy (non-hydrogen) atoms. The van der Waals surface area contributed by atoms with Crippen molar-refractivity contribution in [3.05, 3.63) is 70.3 Å². The van der Waals surface area contributed by atoms with Gasteiger partial charge in [0.15, 0.2) is 11.3 Å². The van der Waals surface area contributed by atoms with Gasteiger partial charge in [0.2, 0.25) is 0 Å². The lowest BCUT2D eigenvalue weighted by Gasteiger charge is -2.35. The van der Waals surface area contributed by atoms with E-state index in [0.29, 0.717) is 17.9 Å². The third-order valence-corrected chi connectivity index (χ3v) is 5.92. The number of amides is 1. The van der Waals surface area contributed by atoms with E-state index in [2.05, 4.69) is 56.2 Å². The number of hydrogen-bond acceptors (Lipinski definition) is 4. The minimum atomic E-state index is -0.0726. The lowest BCUT2D eigenvalue weighted by atomic mass is 9.88. The van der Waals surface area contributed by atoms with Gasteiger partial charge in [0.05, 0.1) is 16.7 Å². The van der Waals surface area contributed by atoms with Crippen molar-refractivity contribution in [2.75, 3.05) is 6.54 Å². The Kier molecular flexibility index (Phi) is 4.24. The van der Waals surface area contributed by atoms with Gasteiger partial charge in [0, 0.05) is 43.8 Å². The highest BCUT2D eigenvalue weighted by Gasteiger charge is 2.31. The van der Waals surface area contributed by atoms with Crippen LogP contribution in [0.4, 0.5) is 0 Å². The molecule has 0 radical (unpaired) electrons. The second-order valence-corrected chi connectivity index (χ2v) is 8.22. The first-order chi connectivity index (χ1) is 14.0. The van der Waals surface area contributed by atoms with Crippen LogP contribution in [0.2, 0.25) is 0 Å². The average Bonchev–Trinajstić information content (AvgIpc) is 3.33. The van der Waals surface area contributed by atoms with Gasteiger partial charge in [-0.3, -0.25) is 9.48 Å². The van der Waals surface area contributed by atoms with Gasteiger partial charge in [0.1, 0.15) is 0 Å². The number of fused-ring (bicyclic) bond motifs is 2. The van der Waals surface area contributed by atoms with Crippen LogP contribution in [-0.4, -0.2) is 41.7 Å². The van der Waals surface area contributed by atoms with Crippen molar-refractivity contribution >= 4 is 27.5 Å². The maximum atomic E-state index is 13.2. The summed E-state index contributed by atoms with van der Waals surface area (Å²) in [6.07, 6.45) is 8.21. The third-order valence-electron chi connectivity index (χ3n) is 5.51. The van der Waals surface area contributed by atoms with Gasteiger partial charge >= 0.3 is 0 Å². The first-order valence-electron chi connectivity index (χ1n) is 9.44. The summed E-state index contributed by atoms with van der Waals surface area (Å²) >= 11 is 3.39. The number of hydrogen-bond donors (Lipinski definition) is 0. The van der Waals surface area contributed by atoms with Gasteiger partial charge in [0.25, 0.3) is 5.91 Å². The molecule has 4 heterocycles. The number of aromatic nitrogens is 5. The molecule has 0 aliphatic carbocycles. The molecule has 1 aliphatic heterocycles. The molecular weight excluding hydrogens is 432 g/mol. The molecule has 0 N–H and O–H groups in total. The summed E-state index contributed by atoms with van der Waals surface area (Å²) < 4.78 is 4.25. The fourth-order valence-corrected chi connectivity index (χ4v) is 4.38. The van der Waals surface area contributed by atoms with Crippen LogP contribution < -0.4 is 0 Å². The molecule has 0 spiro atoms. The van der Waals surface area contributed by atoms with Crippen molar-refractivity contribution in [2.24, 2.45) is 7.05 Å². The van der Waals surface area contributed by atoms with Crippen LogP contribution in [0.15, 0.2) is 53.5 Å². The Hall–Kier alpha value is -3.00. The molecule has 0 saturated heterocycles. The highest BCUT2D eigenvalue weighted by atomic mass is 79.9. The van der Waals surface area contributed by atoms with Crippen molar-refractivity contribution in [3.63, 3.8) is 0 Å². The number of rotatable bonds is 2. The van der Waals surface area contributed by atoms with Gasteiger partial charge in [-0.25, -0.2) is 9.50 Å². The van der Waals surface area contributed by atoms with Crippen LogP contribution in [0.25, 0.3) is 16.8 Å². The Morgan fingerprint density at radius 2 is 2.10 bits per heavy atom. The number of carbonyl (C=O) groups is 1. The normalized spacial score (nSPS) is 16.2. The van der Waals surface area contributed by atoms with E-state index in [9.17, 15) is 4.79 Å². The van der Waals surface area contributed by atoms with E-state index in [4.69, 9.17) is 0 Å². The smallest absolute Gasteiger partial charge is 0.274 e. The number of benzene rings is 1. The lowest BCUT2D eigenvalue weighted by molar-refractivity contribution is 0.0671. The highest BCUT2D eigenvalue weighted by molar-refractivity contribution is 9.10. The fourth-order valence-electron chi connectivity index (χ4n) is 4.08. The summed E-state index contributed by atoms with van der Waals surface area (Å²) in [6, 6.07) is 8.00. The summed E-state index contributed by atoms with van der Waals surface area (Å²) in [6.45, 7) is 2.73. The Morgan fingerprint density at radius 3 is 2.90 bits per heavy atom. The SMILES string of the molecule is CC1c2cccc(-c3cnn(C)c3)c2CCN1C(=O)c1cc2ncc(Br)cn2n1. The number of aryl methyl sites for hydroxylation is 1. The minimum absolute atomic E-state index is 0.0348. The van der Waals surface area contributed by atoms with Crippen molar-refractivity contribution in [1.29, 1.82) is 0 Å². The Bertz CT molecular complexity index is 1240. The molecule has 8 heteroatoms. The van der Waals surface area contributed by atoms with Gasteiger partial charge < -0.3 is 4.90 Å². The zero-order chi connectivity index (χ0) is 20.1. The zero-order valence-corrected chi connectivity index (χ0v) is 17.7. The Labute approximate surface area is 176 Å². The molecule has 0 bridgehead atoms. The van der Waals surface area contributed by atoms with E-state index in [1.54, 1.807) is 23.0 Å². The van der Waals surface area contributed by atoms with E-state index in [-0.39, 0.29) is 11.9 Å². The van der Waals surface area contributed by atoms with Crippen molar-refractivity contribution < 1.29 is 4.79 Å². The molecule has 3 aromatic heterocycles. The third kappa shape index (κ3) is 3.04. The summed E-state index contributed by atoms with van der Waals surface area (Å²) in [5, 5.41) is 8.73. The maximum Gasteiger partial charge on any atom is 0.274 e. The van der Waals surface area contributed by atoms with Gasteiger partial charge in [-0.1, -0.05) is 18.2 Å². The fraction of sp³-hybridized carbons (Fsp3) is 0.238. The van der Waals surface area contributed by atoms with Crippen molar-refractivity contribution in [1.82, 2.24) is 29.3 Å². The molecule has 1 aromatic carbocycles. The molecule has 1 aliphatic rings. The van der Waals surface area contributed by atoms with Crippen LogP contribution in [-0.2, 0) is 13.5 Å². The molecule has 0 fully saturated rings. The number of nitrogens with zero attached hydrogens (tertiary/aromatic N) is 6. The number of halogens is 1. The quantitative estimate of drug-likeness (QED) is 0.467. The second kappa shape index (κ2) is 6.81. The monoisotopic (exact) mass is 450 g/mol. The van der Waals surface area contributed by atoms with Crippen molar-refractivity contribution in [2.45, 2.75) is 19.4 Å². The molecule has 1 amide bonds. The largest absolute Gasteiger partial charge is 0.330 e. The van der Waals surface area contributed by atoms with Crippen LogP contribution in [0.5, 0.6) is 0 Å². The summed E-state index contributed by atoms with van der Waals surface area (Å²) in [4.78, 5) is 19.4. The standard InChI is InChI=1S/C21H19BrN6O/c1-13-16-4-3-5-17(14-9-24-26(2)11-14)18(16)6-7-27(13)21(29)19-8-20-23-10-15(22)12-28(20)25-19/h3-5,8-13H,6-7H2,1-2H3. The van der Waals surface area contributed by atoms with Crippen LogP contribution in [0.1, 0.15) is 34.6 Å². The first kappa shape index (κ1) is 18.1. The number of carbonyl (C=O) groups excluding carboxylic acids is 1. The molecule has 146 valence electrons. The minimum Gasteiger partial charge on any atom is -0.330 e. The summed E-state index contributed by atoms with van der Waals surface area (Å²) in [7, 11) is 1.92. The summed E-state index contributed by atoms with van der Waals surface area (Å²) in [5.41, 5.74) is 5.83. The van der Waals surface area contributed by atoms with Gasteiger partial charge in [-0.05, 0) is 46.0 Å². The molecule has 0 saturated carbocycles. The van der Waals surface area contributed by atoms with E-state index in [1.807, 2.05) is 29.0 Å². The van der Waals surface area contributed by atoms with Crippen LogP contribution in [0.3, 0.4) is 0 Å². The van der Waals surface area contributed by atoms with E-state index in [0.717, 1.165) is 16.5 Å². The van der Waals surface area contributed by atoms with E-state index < -0.39 is 0 Å². The second-order valence-electron chi connectivity index (χ2n) is 7.31. The predicted molar refractivity (Wildman–Crippen MR) is 112 cm³/mol. The van der Waals surface area contributed by atoms with Crippen LogP contribution in [0, 0.1) is 0 Å². The first-order valence-corrected chi connectivity index (χ1v) is 10.2. The van der Waals surface area contributed by atoms with Gasteiger partial charge in [-0.15, -0.1) is 0 Å². The molecular formula is C21H19BrN6O. The molecule has 7 nitrogen and oxygen atoms in total. The maximum absolute atomic E-state index is 13.2.